The van der Waals surface area contributed by atoms with Crippen molar-refractivity contribution in [1.82, 2.24) is 0 Å². The van der Waals surface area contributed by atoms with Crippen LogP contribution in [0.3, 0.4) is 0 Å². The van der Waals surface area contributed by atoms with Gasteiger partial charge in [-0.3, -0.25) is 4.79 Å². The molecule has 6 heteroatoms. The number of phenols is 1. The number of hydrogen-bond acceptors (Lipinski definition) is 6. The van der Waals surface area contributed by atoms with E-state index >= 15 is 0 Å². The lowest BCUT2D eigenvalue weighted by Gasteiger charge is -2.20. The first-order chi connectivity index (χ1) is 11.5. The molecule has 0 amide bonds. The average Bonchev–Trinajstić information content (AvgIpc) is 2.59. The highest BCUT2D eigenvalue weighted by atomic mass is 16.6. The number of carbonyl (C=O) groups is 1. The number of methoxy groups -OCH3 is 3. The van der Waals surface area contributed by atoms with Crippen LogP contribution in [0.2, 0.25) is 0 Å². The van der Waals surface area contributed by atoms with Crippen molar-refractivity contribution >= 4 is 5.78 Å². The predicted molar refractivity (Wildman–Crippen MR) is 88.5 cm³/mol. The van der Waals surface area contributed by atoms with E-state index in [4.69, 9.17) is 18.9 Å². The number of Topliss-reactive ketones (excluding diaryl/α,β-unsaturated/α-hetero) is 1. The van der Waals surface area contributed by atoms with Crippen LogP contribution < -0.4 is 18.9 Å². The van der Waals surface area contributed by atoms with Gasteiger partial charge in [0.1, 0.15) is 12.2 Å². The van der Waals surface area contributed by atoms with E-state index in [1.165, 1.54) is 28.3 Å². The smallest absolute Gasteiger partial charge is 0.211 e. The van der Waals surface area contributed by atoms with Crippen molar-refractivity contribution in [3.63, 3.8) is 0 Å². The van der Waals surface area contributed by atoms with E-state index in [2.05, 4.69) is 0 Å². The van der Waals surface area contributed by atoms with E-state index in [0.29, 0.717) is 0 Å². The topological polar surface area (TPSA) is 74.2 Å². The summed E-state index contributed by atoms with van der Waals surface area (Å²) in [6.45, 7) is 1.56. The van der Waals surface area contributed by atoms with E-state index in [-0.39, 0.29) is 46.7 Å². The molecule has 0 fully saturated rings. The normalized spacial score (nSPS) is 10.2. The summed E-state index contributed by atoms with van der Waals surface area (Å²) in [4.78, 5) is 11.9. The van der Waals surface area contributed by atoms with Crippen molar-refractivity contribution < 1.29 is 28.8 Å². The maximum atomic E-state index is 11.9. The molecule has 0 aliphatic rings. The van der Waals surface area contributed by atoms with Crippen molar-refractivity contribution in [1.29, 1.82) is 0 Å². The van der Waals surface area contributed by atoms with Gasteiger partial charge in [0.15, 0.2) is 17.3 Å². The molecule has 1 N–H and O–H groups in total. The number of ether oxygens (including phenoxy) is 4. The second kappa shape index (κ2) is 7.59. The Labute approximate surface area is 140 Å². The zero-order chi connectivity index (χ0) is 17.7. The number of rotatable bonds is 7. The molecule has 0 saturated heterocycles. The number of benzene rings is 2. The van der Waals surface area contributed by atoms with Crippen molar-refractivity contribution in [3.05, 3.63) is 41.5 Å². The van der Waals surface area contributed by atoms with Crippen molar-refractivity contribution in [2.24, 2.45) is 0 Å². The number of hydrogen-bond donors (Lipinski definition) is 1. The first-order valence-electron chi connectivity index (χ1n) is 7.27. The third kappa shape index (κ3) is 3.22. The van der Waals surface area contributed by atoms with E-state index in [0.717, 1.165) is 5.56 Å². The standard InChI is InChI=1S/C18H20O6/c1-11(19)13-14(20)16(22-3)17(23-4)18(15(13)21-2)24-10-12-8-6-5-7-9-12/h5-9,20H,10H2,1-4H3. The van der Waals surface area contributed by atoms with Crippen LogP contribution in [0.4, 0.5) is 0 Å². The highest BCUT2D eigenvalue weighted by molar-refractivity contribution is 6.02. The second-order valence-electron chi connectivity index (χ2n) is 4.98. The summed E-state index contributed by atoms with van der Waals surface area (Å²) in [6.07, 6.45) is 0. The largest absolute Gasteiger partial charge is 0.504 e. The van der Waals surface area contributed by atoms with Crippen LogP contribution >= 0.6 is 0 Å². The molecular weight excluding hydrogens is 312 g/mol. The van der Waals surface area contributed by atoms with Gasteiger partial charge in [0.05, 0.1) is 21.3 Å². The summed E-state index contributed by atoms with van der Waals surface area (Å²) in [7, 11) is 4.18. The third-order valence-corrected chi connectivity index (χ3v) is 3.49. The Morgan fingerprint density at radius 2 is 1.50 bits per heavy atom. The molecule has 0 atom stereocenters. The van der Waals surface area contributed by atoms with Gasteiger partial charge in [0.25, 0.3) is 0 Å². The van der Waals surface area contributed by atoms with E-state index in [9.17, 15) is 9.90 Å². The summed E-state index contributed by atoms with van der Waals surface area (Å²) in [5, 5.41) is 10.3. The van der Waals surface area contributed by atoms with Gasteiger partial charge in [-0.05, 0) is 12.5 Å². The summed E-state index contributed by atoms with van der Waals surface area (Å²) >= 11 is 0. The molecular formula is C18H20O6. The van der Waals surface area contributed by atoms with Crippen LogP contribution in [0.25, 0.3) is 0 Å². The van der Waals surface area contributed by atoms with Gasteiger partial charge in [-0.1, -0.05) is 30.3 Å². The third-order valence-electron chi connectivity index (χ3n) is 3.49. The van der Waals surface area contributed by atoms with Gasteiger partial charge < -0.3 is 24.1 Å². The average molecular weight is 332 g/mol. The van der Waals surface area contributed by atoms with Crippen LogP contribution in [0, 0.1) is 0 Å². The number of phenolic OH excluding ortho intramolecular Hbond substituents is 1. The number of ketones is 1. The molecule has 6 nitrogen and oxygen atoms in total. The van der Waals surface area contributed by atoms with Crippen molar-refractivity contribution in [2.75, 3.05) is 21.3 Å². The zero-order valence-corrected chi connectivity index (χ0v) is 14.1. The van der Waals surface area contributed by atoms with Gasteiger partial charge in [-0.2, -0.15) is 0 Å². The Balaban J connectivity index is 2.58. The Hall–Kier alpha value is -2.89. The lowest BCUT2D eigenvalue weighted by atomic mass is 10.1. The molecule has 0 heterocycles. The molecule has 0 bridgehead atoms. The fourth-order valence-corrected chi connectivity index (χ4v) is 2.41. The summed E-state index contributed by atoms with van der Waals surface area (Å²) in [6, 6.07) is 9.50. The number of carbonyl (C=O) groups excluding carboxylic acids is 1. The van der Waals surface area contributed by atoms with E-state index in [1.807, 2.05) is 30.3 Å². The Bertz CT molecular complexity index is 724. The van der Waals surface area contributed by atoms with E-state index < -0.39 is 0 Å². The lowest BCUT2D eigenvalue weighted by Crippen LogP contribution is -2.07. The number of aromatic hydroxyl groups is 1. The molecule has 0 aliphatic heterocycles. The van der Waals surface area contributed by atoms with Crippen molar-refractivity contribution in [3.8, 4) is 28.7 Å². The van der Waals surface area contributed by atoms with Gasteiger partial charge in [-0.25, -0.2) is 0 Å². The van der Waals surface area contributed by atoms with Gasteiger partial charge in [-0.15, -0.1) is 0 Å². The first-order valence-corrected chi connectivity index (χ1v) is 7.27. The maximum Gasteiger partial charge on any atom is 0.211 e. The van der Waals surface area contributed by atoms with Crippen LogP contribution in [-0.4, -0.2) is 32.2 Å². The minimum atomic E-state index is -0.380. The molecule has 0 unspecified atom stereocenters. The molecule has 2 aromatic carbocycles. The SMILES string of the molecule is COc1c(O)c(C(C)=O)c(OC)c(OCc2ccccc2)c1OC. The summed E-state index contributed by atoms with van der Waals surface area (Å²) in [5.74, 6) is -0.239. The fraction of sp³-hybridized carbons (Fsp3) is 0.278. The Morgan fingerprint density at radius 3 is 2.00 bits per heavy atom. The molecule has 0 aromatic heterocycles. The van der Waals surface area contributed by atoms with Crippen LogP contribution in [0.1, 0.15) is 22.8 Å². The zero-order valence-electron chi connectivity index (χ0n) is 14.1. The molecule has 0 spiro atoms. The predicted octanol–water partition coefficient (Wildman–Crippen LogP) is 3.20. The monoisotopic (exact) mass is 332 g/mol. The van der Waals surface area contributed by atoms with Crippen LogP contribution in [0.15, 0.2) is 30.3 Å². The first kappa shape index (κ1) is 17.5. The van der Waals surface area contributed by atoms with Gasteiger partial charge in [0, 0.05) is 0 Å². The highest BCUT2D eigenvalue weighted by Gasteiger charge is 2.29. The molecule has 2 aromatic rings. The van der Waals surface area contributed by atoms with Gasteiger partial charge in [0.2, 0.25) is 17.2 Å². The molecule has 2 rings (SSSR count). The molecule has 0 radical (unpaired) electrons. The Kier molecular flexibility index (Phi) is 5.52. The minimum absolute atomic E-state index is 0.0155. The molecule has 0 aliphatic carbocycles. The summed E-state index contributed by atoms with van der Waals surface area (Å²) in [5.41, 5.74) is 0.913. The second-order valence-corrected chi connectivity index (χ2v) is 4.98. The fourth-order valence-electron chi connectivity index (χ4n) is 2.41. The quantitative estimate of drug-likeness (QED) is 0.785. The van der Waals surface area contributed by atoms with Crippen LogP contribution in [0.5, 0.6) is 28.7 Å². The summed E-state index contributed by atoms with van der Waals surface area (Å²) < 4.78 is 21.6. The maximum absolute atomic E-state index is 11.9. The highest BCUT2D eigenvalue weighted by Crippen LogP contribution is 2.53. The Morgan fingerprint density at radius 1 is 0.917 bits per heavy atom. The minimum Gasteiger partial charge on any atom is -0.504 e. The van der Waals surface area contributed by atoms with Crippen molar-refractivity contribution in [2.45, 2.75) is 13.5 Å². The van der Waals surface area contributed by atoms with E-state index in [1.54, 1.807) is 0 Å². The molecule has 0 saturated carbocycles. The van der Waals surface area contributed by atoms with Crippen LogP contribution in [-0.2, 0) is 6.61 Å². The molecule has 128 valence electrons. The molecule has 24 heavy (non-hydrogen) atoms. The van der Waals surface area contributed by atoms with Gasteiger partial charge >= 0.3 is 0 Å². The lowest BCUT2D eigenvalue weighted by molar-refractivity contribution is 0.101.